The lowest BCUT2D eigenvalue weighted by Crippen LogP contribution is -2.43. The van der Waals surface area contributed by atoms with Crippen LogP contribution in [-0.2, 0) is 16.2 Å². The van der Waals surface area contributed by atoms with E-state index in [2.05, 4.69) is 32.6 Å². The molecule has 5 nitrogen and oxygen atoms in total. The van der Waals surface area contributed by atoms with E-state index in [1.807, 2.05) is 20.0 Å². The van der Waals surface area contributed by atoms with Crippen molar-refractivity contribution in [1.82, 2.24) is 4.90 Å². The first-order valence-corrected chi connectivity index (χ1v) is 14.3. The van der Waals surface area contributed by atoms with Crippen LogP contribution in [0.4, 0.5) is 4.39 Å². The minimum absolute atomic E-state index is 0.0220. The Bertz CT molecular complexity index is 1400. The quantitative estimate of drug-likeness (QED) is 0.358. The summed E-state index contributed by atoms with van der Waals surface area (Å²) in [4.78, 5) is 29.7. The number of ether oxygens (including phenoxy) is 2. The van der Waals surface area contributed by atoms with Crippen LogP contribution < -0.4 is 9.47 Å². The second kappa shape index (κ2) is 10.4. The number of benzene rings is 2. The first kappa shape index (κ1) is 28.4. The van der Waals surface area contributed by atoms with Crippen molar-refractivity contribution in [3.63, 3.8) is 0 Å². The number of halogens is 2. The van der Waals surface area contributed by atoms with Crippen LogP contribution in [0.15, 0.2) is 58.9 Å². The summed E-state index contributed by atoms with van der Waals surface area (Å²) >= 11 is 6.83. The zero-order valence-electron chi connectivity index (χ0n) is 24.1. The van der Waals surface area contributed by atoms with Crippen LogP contribution in [0.25, 0.3) is 0 Å². The molecule has 0 atom stereocenters. The second-order valence-corrected chi connectivity index (χ2v) is 13.1. The van der Waals surface area contributed by atoms with E-state index < -0.39 is 5.92 Å². The minimum Gasteiger partial charge on any atom is -0.490 e. The van der Waals surface area contributed by atoms with Gasteiger partial charge in [0.05, 0.1) is 11.6 Å². The van der Waals surface area contributed by atoms with Gasteiger partial charge in [-0.1, -0.05) is 57.5 Å². The van der Waals surface area contributed by atoms with E-state index in [1.54, 1.807) is 24.3 Å². The fourth-order valence-corrected chi connectivity index (χ4v) is 6.69. The minimum atomic E-state index is -0.536. The Morgan fingerprint density at radius 3 is 2.05 bits per heavy atom. The first-order chi connectivity index (χ1) is 18.8. The largest absolute Gasteiger partial charge is 0.490 e. The Morgan fingerprint density at radius 1 is 0.925 bits per heavy atom. The SMILES string of the molecule is CCOc1cc(C2C3=C(CC(C)(C)CC3=O)N(C)C3=C2C(=O)CC(C)(C)C3)cc(Cl)c1OCc1ccccc1F. The molecule has 0 fully saturated rings. The van der Waals surface area contributed by atoms with Gasteiger partial charge >= 0.3 is 0 Å². The van der Waals surface area contributed by atoms with Gasteiger partial charge in [0, 0.05) is 53.9 Å². The molecule has 0 bridgehead atoms. The molecule has 0 saturated heterocycles. The third-order valence-corrected chi connectivity index (χ3v) is 8.46. The van der Waals surface area contributed by atoms with Crippen LogP contribution in [0.1, 0.15) is 77.3 Å². The number of allylic oxidation sites excluding steroid dienone is 4. The van der Waals surface area contributed by atoms with E-state index >= 15 is 0 Å². The van der Waals surface area contributed by atoms with Crippen molar-refractivity contribution in [2.24, 2.45) is 10.8 Å². The molecule has 0 unspecified atom stereocenters. The summed E-state index contributed by atoms with van der Waals surface area (Å²) in [7, 11) is 1.99. The third kappa shape index (κ3) is 5.18. The molecule has 0 amide bonds. The molecule has 40 heavy (non-hydrogen) atoms. The summed E-state index contributed by atoms with van der Waals surface area (Å²) in [5, 5.41) is 0.285. The van der Waals surface area contributed by atoms with Crippen molar-refractivity contribution < 1.29 is 23.5 Å². The maximum absolute atomic E-state index is 14.3. The smallest absolute Gasteiger partial charge is 0.180 e. The predicted octanol–water partition coefficient (Wildman–Crippen LogP) is 7.77. The molecule has 5 rings (SSSR count). The van der Waals surface area contributed by atoms with Crippen molar-refractivity contribution in [1.29, 1.82) is 0 Å². The second-order valence-electron chi connectivity index (χ2n) is 12.7. The van der Waals surface area contributed by atoms with E-state index in [0.717, 1.165) is 29.8 Å². The summed E-state index contributed by atoms with van der Waals surface area (Å²) in [6.45, 7) is 10.6. The number of carbonyl (C=O) groups excluding carboxylic acids is 2. The van der Waals surface area contributed by atoms with Crippen LogP contribution in [0, 0.1) is 16.6 Å². The lowest BCUT2D eigenvalue weighted by molar-refractivity contribution is -0.119. The molecular weight excluding hydrogens is 529 g/mol. The van der Waals surface area contributed by atoms with Crippen LogP contribution in [0.3, 0.4) is 0 Å². The summed E-state index contributed by atoms with van der Waals surface area (Å²) in [5.74, 6) is -0.0834. The number of hydrogen-bond donors (Lipinski definition) is 0. The highest BCUT2D eigenvalue weighted by atomic mass is 35.5. The fourth-order valence-electron chi connectivity index (χ4n) is 6.42. The van der Waals surface area contributed by atoms with Crippen LogP contribution in [0.5, 0.6) is 11.5 Å². The molecule has 3 aliphatic rings. The molecule has 2 aromatic rings. The molecule has 2 aliphatic carbocycles. The molecular formula is C33H37ClFNO4. The monoisotopic (exact) mass is 565 g/mol. The molecule has 2 aromatic carbocycles. The molecule has 0 spiro atoms. The molecule has 212 valence electrons. The Hall–Kier alpha value is -3.12. The molecule has 0 radical (unpaired) electrons. The zero-order chi connectivity index (χ0) is 29.0. The van der Waals surface area contributed by atoms with Gasteiger partial charge in [-0.2, -0.15) is 0 Å². The van der Waals surface area contributed by atoms with Crippen LogP contribution in [-0.4, -0.2) is 30.1 Å². The van der Waals surface area contributed by atoms with Crippen molar-refractivity contribution in [3.05, 3.63) is 80.9 Å². The molecule has 1 aliphatic heterocycles. The number of Topliss-reactive ketones (excluding diaryl/α,β-unsaturated/α-hetero) is 2. The van der Waals surface area contributed by atoms with Gasteiger partial charge in [-0.25, -0.2) is 4.39 Å². The number of hydrogen-bond acceptors (Lipinski definition) is 5. The van der Waals surface area contributed by atoms with Gasteiger partial charge in [0.1, 0.15) is 12.4 Å². The van der Waals surface area contributed by atoms with Gasteiger partial charge in [0.2, 0.25) is 0 Å². The van der Waals surface area contributed by atoms with Gasteiger partial charge in [-0.3, -0.25) is 9.59 Å². The molecule has 0 saturated carbocycles. The zero-order valence-corrected chi connectivity index (χ0v) is 24.9. The van der Waals surface area contributed by atoms with Crippen molar-refractivity contribution in [3.8, 4) is 11.5 Å². The molecule has 0 N–H and O–H groups in total. The van der Waals surface area contributed by atoms with E-state index in [9.17, 15) is 14.0 Å². The highest BCUT2D eigenvalue weighted by Crippen LogP contribution is 2.55. The fraction of sp³-hybridized carbons (Fsp3) is 0.455. The van der Waals surface area contributed by atoms with Gasteiger partial charge < -0.3 is 14.4 Å². The predicted molar refractivity (Wildman–Crippen MR) is 154 cm³/mol. The summed E-state index contributed by atoms with van der Waals surface area (Å²) in [6, 6.07) is 10.0. The van der Waals surface area contributed by atoms with E-state index in [1.165, 1.54) is 6.07 Å². The summed E-state index contributed by atoms with van der Waals surface area (Å²) < 4.78 is 26.2. The maximum Gasteiger partial charge on any atom is 0.180 e. The first-order valence-electron chi connectivity index (χ1n) is 13.9. The van der Waals surface area contributed by atoms with Crippen molar-refractivity contribution in [2.45, 2.75) is 72.8 Å². The average molecular weight is 566 g/mol. The standard InChI is InChI=1S/C33H37ClFNO4/c1-7-39-27-13-20(12-21(34)31(27)40-18-19-10-8-9-11-22(19)35)28-29-23(14-32(2,3)16-25(29)37)36(6)24-15-33(4,5)17-26(38)30(24)28/h8-13,28H,7,14-18H2,1-6H3. The van der Waals surface area contributed by atoms with E-state index in [0.29, 0.717) is 47.7 Å². The van der Waals surface area contributed by atoms with Crippen LogP contribution >= 0.6 is 11.6 Å². The van der Waals surface area contributed by atoms with Crippen LogP contribution in [0.2, 0.25) is 5.02 Å². The number of ketones is 2. The highest BCUT2D eigenvalue weighted by molar-refractivity contribution is 6.32. The molecule has 7 heteroatoms. The number of carbonyl (C=O) groups is 2. The Kier molecular flexibility index (Phi) is 7.37. The number of rotatable bonds is 6. The lowest BCUT2D eigenvalue weighted by Gasteiger charge is -2.48. The van der Waals surface area contributed by atoms with Gasteiger partial charge in [0.15, 0.2) is 23.1 Å². The normalized spacial score (nSPS) is 20.4. The topological polar surface area (TPSA) is 55.8 Å². The Morgan fingerprint density at radius 2 is 1.50 bits per heavy atom. The Balaban J connectivity index is 1.65. The van der Waals surface area contributed by atoms with Crippen molar-refractivity contribution in [2.75, 3.05) is 13.7 Å². The number of nitrogens with zero attached hydrogens (tertiary/aromatic N) is 1. The lowest BCUT2D eigenvalue weighted by atomic mass is 9.63. The molecule has 1 heterocycles. The average Bonchev–Trinajstić information content (AvgIpc) is 2.84. The van der Waals surface area contributed by atoms with Gasteiger partial charge in [0.25, 0.3) is 0 Å². The Labute approximate surface area is 241 Å². The maximum atomic E-state index is 14.3. The highest BCUT2D eigenvalue weighted by Gasteiger charge is 2.48. The summed E-state index contributed by atoms with van der Waals surface area (Å²) in [5.41, 5.74) is 4.06. The van der Waals surface area contributed by atoms with E-state index in [4.69, 9.17) is 21.1 Å². The van der Waals surface area contributed by atoms with Gasteiger partial charge in [-0.15, -0.1) is 0 Å². The van der Waals surface area contributed by atoms with E-state index in [-0.39, 0.29) is 39.8 Å². The molecule has 0 aromatic heterocycles. The third-order valence-electron chi connectivity index (χ3n) is 8.17. The van der Waals surface area contributed by atoms with Gasteiger partial charge in [-0.05, 0) is 54.4 Å². The van der Waals surface area contributed by atoms with Crippen molar-refractivity contribution >= 4 is 23.2 Å². The summed E-state index contributed by atoms with van der Waals surface area (Å²) in [6.07, 6.45) is 2.30.